The summed E-state index contributed by atoms with van der Waals surface area (Å²) in [6.07, 6.45) is 1.14. The summed E-state index contributed by atoms with van der Waals surface area (Å²) < 4.78 is 10.8. The first-order chi connectivity index (χ1) is 9.15. The summed E-state index contributed by atoms with van der Waals surface area (Å²) in [5.74, 6) is 1.70. The molecule has 0 aliphatic carbocycles. The molecule has 0 aromatic heterocycles. The number of ether oxygens (including phenoxy) is 2. The van der Waals surface area contributed by atoms with Crippen LogP contribution in [0.2, 0.25) is 0 Å². The van der Waals surface area contributed by atoms with Gasteiger partial charge in [-0.1, -0.05) is 0 Å². The van der Waals surface area contributed by atoms with Crippen molar-refractivity contribution in [2.24, 2.45) is 0 Å². The lowest BCUT2D eigenvalue weighted by Gasteiger charge is -2.31. The lowest BCUT2D eigenvalue weighted by atomic mass is 10.1. The van der Waals surface area contributed by atoms with Crippen LogP contribution in [0.4, 0.5) is 5.69 Å². The third-order valence-corrected chi connectivity index (χ3v) is 3.75. The molecule has 106 valence electrons. The Balaban J connectivity index is 2.32. The molecule has 1 N–H and O–H groups in total. The van der Waals surface area contributed by atoms with Gasteiger partial charge in [0.05, 0.1) is 19.9 Å². The molecular formula is C15H24N2O2. The molecule has 0 amide bonds. The molecule has 2 atom stereocenters. The summed E-state index contributed by atoms with van der Waals surface area (Å²) >= 11 is 0. The Kier molecular flexibility index (Phi) is 4.53. The van der Waals surface area contributed by atoms with Crippen LogP contribution in [0, 0.1) is 0 Å². The summed E-state index contributed by atoms with van der Waals surface area (Å²) in [7, 11) is 3.39. The highest BCUT2D eigenvalue weighted by Crippen LogP contribution is 2.34. The smallest absolute Gasteiger partial charge is 0.145 e. The lowest BCUT2D eigenvalue weighted by molar-refractivity contribution is 0.393. The van der Waals surface area contributed by atoms with Gasteiger partial charge < -0.3 is 19.7 Å². The molecule has 1 aromatic rings. The summed E-state index contributed by atoms with van der Waals surface area (Å²) in [5.41, 5.74) is 1.14. The van der Waals surface area contributed by atoms with Gasteiger partial charge in [-0.25, -0.2) is 0 Å². The molecule has 2 unspecified atom stereocenters. The van der Waals surface area contributed by atoms with Gasteiger partial charge in [0.15, 0.2) is 0 Å². The molecule has 4 nitrogen and oxygen atoms in total. The van der Waals surface area contributed by atoms with Crippen LogP contribution >= 0.6 is 0 Å². The molecule has 1 heterocycles. The minimum Gasteiger partial charge on any atom is -0.497 e. The summed E-state index contributed by atoms with van der Waals surface area (Å²) in [6, 6.07) is 7.02. The van der Waals surface area contributed by atoms with Gasteiger partial charge in [0.25, 0.3) is 0 Å². The molecule has 1 aromatic carbocycles. The zero-order valence-corrected chi connectivity index (χ0v) is 12.3. The number of hydrogen-bond donors (Lipinski definition) is 1. The van der Waals surface area contributed by atoms with E-state index in [4.69, 9.17) is 9.47 Å². The van der Waals surface area contributed by atoms with Gasteiger partial charge in [-0.15, -0.1) is 0 Å². The standard InChI is InChI=1S/C15H24N2O2/c1-11-10-17(12(2)7-8-16-11)14-6-5-13(18-3)9-15(14)19-4/h5-6,9,11-12,16H,7-8,10H2,1-4H3. The molecule has 1 fully saturated rings. The average Bonchev–Trinajstić information content (AvgIpc) is 2.59. The topological polar surface area (TPSA) is 33.7 Å². The van der Waals surface area contributed by atoms with Crippen molar-refractivity contribution >= 4 is 5.69 Å². The van der Waals surface area contributed by atoms with Crippen molar-refractivity contribution in [1.82, 2.24) is 5.32 Å². The van der Waals surface area contributed by atoms with Crippen LogP contribution in [-0.2, 0) is 0 Å². The number of benzene rings is 1. The fourth-order valence-electron chi connectivity index (χ4n) is 2.59. The highest BCUT2D eigenvalue weighted by molar-refractivity contribution is 5.61. The van der Waals surface area contributed by atoms with E-state index in [-0.39, 0.29) is 0 Å². The first kappa shape index (κ1) is 14.0. The van der Waals surface area contributed by atoms with E-state index in [0.29, 0.717) is 12.1 Å². The van der Waals surface area contributed by atoms with Crippen molar-refractivity contribution in [3.05, 3.63) is 18.2 Å². The van der Waals surface area contributed by atoms with Gasteiger partial charge >= 0.3 is 0 Å². The fraction of sp³-hybridized carbons (Fsp3) is 0.600. The van der Waals surface area contributed by atoms with E-state index in [0.717, 1.165) is 36.7 Å². The summed E-state index contributed by atoms with van der Waals surface area (Å²) in [4.78, 5) is 2.42. The Morgan fingerprint density at radius 3 is 2.68 bits per heavy atom. The predicted molar refractivity (Wildman–Crippen MR) is 78.4 cm³/mol. The minimum atomic E-state index is 0.483. The third-order valence-electron chi connectivity index (χ3n) is 3.75. The molecule has 1 aliphatic rings. The highest BCUT2D eigenvalue weighted by Gasteiger charge is 2.23. The second-order valence-electron chi connectivity index (χ2n) is 5.18. The highest BCUT2D eigenvalue weighted by atomic mass is 16.5. The van der Waals surface area contributed by atoms with Crippen molar-refractivity contribution in [3.8, 4) is 11.5 Å². The van der Waals surface area contributed by atoms with E-state index in [2.05, 4.69) is 30.1 Å². The second-order valence-corrected chi connectivity index (χ2v) is 5.18. The molecule has 0 radical (unpaired) electrons. The first-order valence-corrected chi connectivity index (χ1v) is 6.87. The number of anilines is 1. The van der Waals surface area contributed by atoms with E-state index in [1.165, 1.54) is 0 Å². The number of rotatable bonds is 3. The normalized spacial score (nSPS) is 23.9. The summed E-state index contributed by atoms with van der Waals surface area (Å²) in [6.45, 7) is 6.55. The van der Waals surface area contributed by atoms with Crippen molar-refractivity contribution in [2.75, 3.05) is 32.2 Å². The second kappa shape index (κ2) is 6.15. The van der Waals surface area contributed by atoms with Crippen LogP contribution in [0.15, 0.2) is 18.2 Å². The SMILES string of the molecule is COc1ccc(N2CC(C)NCCC2C)c(OC)c1. The van der Waals surface area contributed by atoms with Gasteiger partial charge in [-0.05, 0) is 38.9 Å². The minimum absolute atomic E-state index is 0.483. The Morgan fingerprint density at radius 2 is 2.00 bits per heavy atom. The maximum Gasteiger partial charge on any atom is 0.145 e. The number of hydrogen-bond acceptors (Lipinski definition) is 4. The molecule has 0 bridgehead atoms. The largest absolute Gasteiger partial charge is 0.497 e. The van der Waals surface area contributed by atoms with E-state index >= 15 is 0 Å². The molecular weight excluding hydrogens is 240 g/mol. The molecule has 0 saturated carbocycles. The van der Waals surface area contributed by atoms with E-state index in [9.17, 15) is 0 Å². The quantitative estimate of drug-likeness (QED) is 0.908. The van der Waals surface area contributed by atoms with Crippen molar-refractivity contribution in [1.29, 1.82) is 0 Å². The number of nitrogens with zero attached hydrogens (tertiary/aromatic N) is 1. The molecule has 2 rings (SSSR count). The van der Waals surface area contributed by atoms with E-state index < -0.39 is 0 Å². The van der Waals surface area contributed by atoms with Crippen LogP contribution in [0.1, 0.15) is 20.3 Å². The summed E-state index contributed by atoms with van der Waals surface area (Å²) in [5, 5.41) is 3.53. The average molecular weight is 264 g/mol. The molecule has 1 aliphatic heterocycles. The van der Waals surface area contributed by atoms with Crippen LogP contribution in [0.25, 0.3) is 0 Å². The monoisotopic (exact) mass is 264 g/mol. The molecule has 19 heavy (non-hydrogen) atoms. The van der Waals surface area contributed by atoms with Crippen LogP contribution in [0.3, 0.4) is 0 Å². The third kappa shape index (κ3) is 3.13. The van der Waals surface area contributed by atoms with Crippen LogP contribution in [0.5, 0.6) is 11.5 Å². The first-order valence-electron chi connectivity index (χ1n) is 6.87. The van der Waals surface area contributed by atoms with Crippen molar-refractivity contribution in [3.63, 3.8) is 0 Å². The maximum atomic E-state index is 5.52. The van der Waals surface area contributed by atoms with Gasteiger partial charge in [-0.3, -0.25) is 0 Å². The van der Waals surface area contributed by atoms with Gasteiger partial charge in [-0.2, -0.15) is 0 Å². The van der Waals surface area contributed by atoms with Gasteiger partial charge in [0, 0.05) is 24.7 Å². The molecule has 0 spiro atoms. The van der Waals surface area contributed by atoms with Gasteiger partial charge in [0.1, 0.15) is 11.5 Å². The predicted octanol–water partition coefficient (Wildman–Crippen LogP) is 2.28. The zero-order valence-electron chi connectivity index (χ0n) is 12.3. The zero-order chi connectivity index (χ0) is 13.8. The number of methoxy groups -OCH3 is 2. The van der Waals surface area contributed by atoms with E-state index in [1.807, 2.05) is 12.1 Å². The lowest BCUT2D eigenvalue weighted by Crippen LogP contribution is -2.38. The molecule has 1 saturated heterocycles. The number of nitrogens with one attached hydrogen (secondary N) is 1. The van der Waals surface area contributed by atoms with Crippen molar-refractivity contribution < 1.29 is 9.47 Å². The van der Waals surface area contributed by atoms with Gasteiger partial charge in [0.2, 0.25) is 0 Å². The van der Waals surface area contributed by atoms with Crippen molar-refractivity contribution in [2.45, 2.75) is 32.4 Å². The molecule has 4 heteroatoms. The maximum absolute atomic E-state index is 5.52. The van der Waals surface area contributed by atoms with Crippen LogP contribution in [-0.4, -0.2) is 39.4 Å². The fourth-order valence-corrected chi connectivity index (χ4v) is 2.59. The van der Waals surface area contributed by atoms with Crippen LogP contribution < -0.4 is 19.7 Å². The Bertz CT molecular complexity index is 423. The Hall–Kier alpha value is -1.42. The Morgan fingerprint density at radius 1 is 1.21 bits per heavy atom. The Labute approximate surface area is 115 Å². The van der Waals surface area contributed by atoms with E-state index in [1.54, 1.807) is 14.2 Å².